The lowest BCUT2D eigenvalue weighted by Gasteiger charge is -2.21. The van der Waals surface area contributed by atoms with E-state index < -0.39 is 0 Å². The second-order valence-corrected chi connectivity index (χ2v) is 4.81. The van der Waals surface area contributed by atoms with Gasteiger partial charge >= 0.3 is 0 Å². The van der Waals surface area contributed by atoms with Crippen LogP contribution in [0.4, 0.5) is 5.82 Å². The fourth-order valence-corrected chi connectivity index (χ4v) is 1.71. The van der Waals surface area contributed by atoms with Gasteiger partial charge in [0, 0.05) is 18.4 Å². The van der Waals surface area contributed by atoms with Crippen molar-refractivity contribution in [2.45, 2.75) is 26.8 Å². The summed E-state index contributed by atoms with van der Waals surface area (Å²) in [5, 5.41) is 2.95. The number of hydrogen-bond donors (Lipinski definition) is 3. The lowest BCUT2D eigenvalue weighted by Crippen LogP contribution is -2.41. The highest BCUT2D eigenvalue weighted by molar-refractivity contribution is 5.95. The predicted molar refractivity (Wildman–Crippen MR) is 74.8 cm³/mol. The Bertz CT molecular complexity index is 435. The molecule has 6 nitrogen and oxygen atoms in total. The number of methoxy groups -OCH3 is 1. The summed E-state index contributed by atoms with van der Waals surface area (Å²) in [5.74, 6) is 5.93. The molecule has 0 radical (unpaired) electrons. The number of nitrogens with two attached hydrogens (primary N) is 1. The summed E-state index contributed by atoms with van der Waals surface area (Å²) < 4.78 is 5.11. The fourth-order valence-electron chi connectivity index (χ4n) is 1.71. The van der Waals surface area contributed by atoms with Gasteiger partial charge in [-0.2, -0.15) is 0 Å². The van der Waals surface area contributed by atoms with Crippen LogP contribution in [-0.4, -0.2) is 30.6 Å². The van der Waals surface area contributed by atoms with Crippen LogP contribution in [0.1, 0.15) is 29.9 Å². The van der Waals surface area contributed by atoms with Gasteiger partial charge in [-0.1, -0.05) is 13.8 Å². The summed E-state index contributed by atoms with van der Waals surface area (Å²) in [4.78, 5) is 16.3. The maximum Gasteiger partial charge on any atom is 0.251 e. The maximum atomic E-state index is 12.2. The minimum absolute atomic E-state index is 0.0275. The van der Waals surface area contributed by atoms with Crippen LogP contribution in [0.2, 0.25) is 0 Å². The molecule has 0 aliphatic heterocycles. The van der Waals surface area contributed by atoms with Crippen LogP contribution in [0.25, 0.3) is 0 Å². The van der Waals surface area contributed by atoms with Crippen molar-refractivity contribution in [3.05, 3.63) is 23.4 Å². The first-order valence-electron chi connectivity index (χ1n) is 6.23. The lowest BCUT2D eigenvalue weighted by atomic mass is 10.0. The highest BCUT2D eigenvalue weighted by Crippen LogP contribution is 2.10. The molecule has 6 heteroatoms. The fraction of sp³-hybridized carbons (Fsp3) is 0.538. The zero-order valence-corrected chi connectivity index (χ0v) is 11.9. The number of pyridine rings is 1. The van der Waals surface area contributed by atoms with Crippen molar-refractivity contribution in [3.63, 3.8) is 0 Å². The van der Waals surface area contributed by atoms with E-state index in [2.05, 4.69) is 15.7 Å². The van der Waals surface area contributed by atoms with Gasteiger partial charge in [0.25, 0.3) is 5.91 Å². The van der Waals surface area contributed by atoms with Crippen molar-refractivity contribution < 1.29 is 9.53 Å². The van der Waals surface area contributed by atoms with Crippen LogP contribution in [0.3, 0.4) is 0 Å². The molecule has 0 fully saturated rings. The van der Waals surface area contributed by atoms with E-state index in [9.17, 15) is 4.79 Å². The molecule has 0 aromatic carbocycles. The van der Waals surface area contributed by atoms with Gasteiger partial charge in [0.2, 0.25) is 0 Å². The summed E-state index contributed by atoms with van der Waals surface area (Å²) >= 11 is 0. The number of ether oxygens (including phenoxy) is 1. The Morgan fingerprint density at radius 3 is 2.68 bits per heavy atom. The number of carbonyl (C=O) groups is 1. The van der Waals surface area contributed by atoms with Crippen molar-refractivity contribution >= 4 is 11.7 Å². The van der Waals surface area contributed by atoms with E-state index in [1.807, 2.05) is 20.8 Å². The quantitative estimate of drug-likeness (QED) is 0.529. The molecule has 19 heavy (non-hydrogen) atoms. The molecule has 4 N–H and O–H groups in total. The molecule has 0 bridgehead atoms. The van der Waals surface area contributed by atoms with E-state index in [-0.39, 0.29) is 11.9 Å². The number of carbonyl (C=O) groups excluding carboxylic acids is 1. The first-order chi connectivity index (χ1) is 8.97. The van der Waals surface area contributed by atoms with Gasteiger partial charge in [-0.3, -0.25) is 4.79 Å². The summed E-state index contributed by atoms with van der Waals surface area (Å²) in [6, 6.07) is 3.31. The molecule has 0 saturated carbocycles. The maximum absolute atomic E-state index is 12.2. The van der Waals surface area contributed by atoms with Gasteiger partial charge in [-0.25, -0.2) is 10.8 Å². The minimum atomic E-state index is -0.155. The first-order valence-corrected chi connectivity index (χ1v) is 6.23. The van der Waals surface area contributed by atoms with Crippen molar-refractivity contribution in [2.75, 3.05) is 19.1 Å². The van der Waals surface area contributed by atoms with Gasteiger partial charge in [0.15, 0.2) is 0 Å². The Morgan fingerprint density at radius 1 is 1.47 bits per heavy atom. The van der Waals surface area contributed by atoms with Gasteiger partial charge in [-0.15, -0.1) is 0 Å². The molecule has 1 aromatic heterocycles. The number of nitrogen functional groups attached to an aromatic ring is 1. The van der Waals surface area contributed by atoms with E-state index in [0.29, 0.717) is 23.9 Å². The third-order valence-corrected chi connectivity index (χ3v) is 2.83. The van der Waals surface area contributed by atoms with E-state index in [0.717, 1.165) is 5.69 Å². The van der Waals surface area contributed by atoms with E-state index >= 15 is 0 Å². The number of rotatable bonds is 6. The Balaban J connectivity index is 2.84. The molecule has 106 valence electrons. The SMILES string of the molecule is COCC(NC(=O)c1cc(C)nc(NN)c1)C(C)C. The molecular weight excluding hydrogens is 244 g/mol. The monoisotopic (exact) mass is 266 g/mol. The third-order valence-electron chi connectivity index (χ3n) is 2.83. The number of anilines is 1. The average molecular weight is 266 g/mol. The smallest absolute Gasteiger partial charge is 0.251 e. The second-order valence-electron chi connectivity index (χ2n) is 4.81. The van der Waals surface area contributed by atoms with Crippen LogP contribution in [0, 0.1) is 12.8 Å². The molecule has 0 aliphatic rings. The topological polar surface area (TPSA) is 89.3 Å². The van der Waals surface area contributed by atoms with Crippen LogP contribution >= 0.6 is 0 Å². The van der Waals surface area contributed by atoms with Crippen molar-refractivity contribution in [2.24, 2.45) is 11.8 Å². The Hall–Kier alpha value is -1.66. The van der Waals surface area contributed by atoms with Crippen LogP contribution in [0.15, 0.2) is 12.1 Å². The lowest BCUT2D eigenvalue weighted by molar-refractivity contribution is 0.0866. The van der Waals surface area contributed by atoms with Gasteiger partial charge in [0.1, 0.15) is 5.82 Å². The number of aryl methyl sites for hydroxylation is 1. The molecule has 1 atom stereocenters. The van der Waals surface area contributed by atoms with Gasteiger partial charge < -0.3 is 15.5 Å². The first kappa shape index (κ1) is 15.4. The largest absolute Gasteiger partial charge is 0.383 e. The summed E-state index contributed by atoms with van der Waals surface area (Å²) in [5.41, 5.74) is 3.71. The number of aromatic nitrogens is 1. The molecule has 0 aliphatic carbocycles. The summed E-state index contributed by atoms with van der Waals surface area (Å²) in [6.45, 7) is 6.37. The van der Waals surface area contributed by atoms with E-state index in [4.69, 9.17) is 10.6 Å². The normalized spacial score (nSPS) is 12.3. The van der Waals surface area contributed by atoms with Crippen molar-refractivity contribution in [1.82, 2.24) is 10.3 Å². The number of amides is 1. The zero-order chi connectivity index (χ0) is 14.4. The minimum Gasteiger partial charge on any atom is -0.383 e. The van der Waals surface area contributed by atoms with Crippen LogP contribution in [-0.2, 0) is 4.74 Å². The summed E-state index contributed by atoms with van der Waals surface area (Å²) in [6.07, 6.45) is 0. The molecule has 0 spiro atoms. The highest BCUT2D eigenvalue weighted by Gasteiger charge is 2.17. The predicted octanol–water partition coefficient (Wildman–Crippen LogP) is 1.08. The van der Waals surface area contributed by atoms with Crippen LogP contribution < -0.4 is 16.6 Å². The molecule has 1 amide bonds. The van der Waals surface area contributed by atoms with Gasteiger partial charge in [0.05, 0.1) is 12.6 Å². The molecule has 1 rings (SSSR count). The van der Waals surface area contributed by atoms with E-state index in [1.165, 1.54) is 0 Å². The molecule has 0 saturated heterocycles. The number of nitrogens with one attached hydrogen (secondary N) is 2. The molecule has 1 unspecified atom stereocenters. The number of hydrazine groups is 1. The van der Waals surface area contributed by atoms with Crippen molar-refractivity contribution in [1.29, 1.82) is 0 Å². The zero-order valence-electron chi connectivity index (χ0n) is 11.9. The average Bonchev–Trinajstić information content (AvgIpc) is 2.37. The third kappa shape index (κ3) is 4.50. The summed E-state index contributed by atoms with van der Waals surface area (Å²) in [7, 11) is 1.62. The van der Waals surface area contributed by atoms with Crippen LogP contribution in [0.5, 0.6) is 0 Å². The van der Waals surface area contributed by atoms with Gasteiger partial charge in [-0.05, 0) is 25.0 Å². The molecular formula is C13H22N4O2. The Labute approximate surface area is 113 Å². The highest BCUT2D eigenvalue weighted by atomic mass is 16.5. The Kier molecular flexibility index (Phi) is 5.72. The Morgan fingerprint density at radius 2 is 2.16 bits per heavy atom. The van der Waals surface area contributed by atoms with E-state index in [1.54, 1.807) is 19.2 Å². The van der Waals surface area contributed by atoms with Crippen molar-refractivity contribution in [3.8, 4) is 0 Å². The second kappa shape index (κ2) is 7.06. The number of hydrogen-bond acceptors (Lipinski definition) is 5. The standard InChI is InChI=1S/C13H22N4O2/c1-8(2)11(7-19-4)16-13(18)10-5-9(3)15-12(6-10)17-14/h5-6,8,11H,7,14H2,1-4H3,(H,15,17)(H,16,18). The number of nitrogens with zero attached hydrogens (tertiary/aromatic N) is 1. The molecule has 1 aromatic rings. The molecule has 1 heterocycles.